The molecule has 0 amide bonds. The molecule has 0 unspecified atom stereocenters. The van der Waals surface area contributed by atoms with Gasteiger partial charge >= 0.3 is 40.4 Å². The molecule has 79 heavy (non-hydrogen) atoms. The number of carbonyl (C=O) groups excluding carboxylic acids is 1. The Labute approximate surface area is 452 Å². The molecular weight excluding hydrogens is 1150 g/mol. The molecule has 4 aliphatic carbocycles. The first-order valence-electron chi connectivity index (χ1n) is 23.6. The minimum atomic E-state index is -7.43. The van der Waals surface area contributed by atoms with Crippen LogP contribution in [0.5, 0.6) is 0 Å². The SMILES string of the molecule is O=C(OCC12CC3CC(CC(C3)C1)C2)C(F)(F)C(F)(F)S(=O)(=O)[O-].O=S(=O)([O-])C(F)(F)C(F)(F)C(F)(F)C(F)(F)F.c1ccc([S+](c2ccccc2)c2ccccc2)cc1.c1ccc([S+](c2ccccc2)c2ccccc2)cc1. The first-order chi connectivity index (χ1) is 36.8. The zero-order valence-electron chi connectivity index (χ0n) is 40.8. The van der Waals surface area contributed by atoms with Gasteiger partial charge in [-0.25, -0.2) is 21.6 Å². The van der Waals surface area contributed by atoms with Crippen LogP contribution in [0, 0.1) is 23.2 Å². The van der Waals surface area contributed by atoms with Gasteiger partial charge in [-0.3, -0.25) is 0 Å². The summed E-state index contributed by atoms with van der Waals surface area (Å²) in [5, 5.41) is -13.2. The Bertz CT molecular complexity index is 2810. The third-order valence-corrected chi connectivity index (χ3v) is 19.1. The maximum Gasteiger partial charge on any atom is 0.460 e. The van der Waals surface area contributed by atoms with Crippen LogP contribution in [0.15, 0.2) is 211 Å². The minimum Gasteiger partial charge on any atom is -0.743 e. The highest BCUT2D eigenvalue weighted by Crippen LogP contribution is 2.60. The summed E-state index contributed by atoms with van der Waals surface area (Å²) in [5.74, 6) is -21.9. The summed E-state index contributed by atoms with van der Waals surface area (Å²) in [6.07, 6.45) is -1.94. The Morgan fingerprint density at radius 2 is 0.671 bits per heavy atom. The molecular formula is C54H47F13O8S4. The minimum absolute atomic E-state index is 0.0146. The smallest absolute Gasteiger partial charge is 0.460 e. The fraction of sp³-hybridized carbons (Fsp3) is 0.315. The second-order valence-corrected chi connectivity index (χ2v) is 25.5. The Morgan fingerprint density at radius 3 is 0.886 bits per heavy atom. The van der Waals surface area contributed by atoms with Crippen LogP contribution < -0.4 is 0 Å². The van der Waals surface area contributed by atoms with Crippen LogP contribution in [-0.4, -0.2) is 73.0 Å². The van der Waals surface area contributed by atoms with Crippen molar-refractivity contribution in [3.8, 4) is 0 Å². The van der Waals surface area contributed by atoms with Gasteiger partial charge in [0.25, 0.3) is 0 Å². The molecule has 10 rings (SSSR count). The Hall–Kier alpha value is -5.60. The standard InChI is InChI=1S/2C18H15S.C14H18F4O5S.C4HF9O3S/c2*1-4-10-16(11-5-1)19(17-12-6-2-7-13-17)18-14-8-3-9-15-18;15-13(16,14(17,18)24(20,21)22)11(19)23-7-12-4-8-1-9(5-12)3-10(2-8)6-12;5-1(6,3(9,10)11)2(7,8)4(12,13)17(14,15)16/h2*1-15H;8-10H,1-7H2,(H,20,21,22);(H,14,15,16)/q2*+1;;/p-2. The number of halogens is 13. The molecule has 0 spiro atoms. The summed E-state index contributed by atoms with van der Waals surface area (Å²) < 4.78 is 224. The summed E-state index contributed by atoms with van der Waals surface area (Å²) in [7, 11) is -14.1. The van der Waals surface area contributed by atoms with Crippen LogP contribution >= 0.6 is 0 Å². The lowest BCUT2D eigenvalue weighted by atomic mass is 9.50. The van der Waals surface area contributed by atoms with E-state index >= 15 is 0 Å². The third kappa shape index (κ3) is 14.1. The topological polar surface area (TPSA) is 141 Å². The highest BCUT2D eigenvalue weighted by Gasteiger charge is 2.84. The van der Waals surface area contributed by atoms with Gasteiger partial charge < -0.3 is 13.8 Å². The maximum absolute atomic E-state index is 13.4. The number of ether oxygens (including phenoxy) is 1. The largest absolute Gasteiger partial charge is 0.743 e. The van der Waals surface area contributed by atoms with E-state index in [1.165, 1.54) is 29.4 Å². The average Bonchev–Trinajstić information content (AvgIpc) is 3.60. The van der Waals surface area contributed by atoms with Gasteiger partial charge in [0.2, 0.25) is 0 Å². The average molecular weight is 1200 g/mol. The van der Waals surface area contributed by atoms with Crippen molar-refractivity contribution in [2.24, 2.45) is 23.2 Å². The molecule has 4 bridgehead atoms. The van der Waals surface area contributed by atoms with Crippen molar-refractivity contribution in [1.29, 1.82) is 0 Å². The summed E-state index contributed by atoms with van der Waals surface area (Å²) >= 11 is 0. The second kappa shape index (κ2) is 24.6. The second-order valence-electron chi connectivity index (χ2n) is 18.6. The van der Waals surface area contributed by atoms with Gasteiger partial charge in [0.05, 0.1) is 28.4 Å². The van der Waals surface area contributed by atoms with Crippen molar-refractivity contribution >= 4 is 48.0 Å². The van der Waals surface area contributed by atoms with Crippen LogP contribution in [0.3, 0.4) is 0 Å². The van der Waals surface area contributed by atoms with Crippen LogP contribution in [-0.2, 0) is 51.6 Å². The first-order valence-corrected chi connectivity index (χ1v) is 28.9. The Balaban J connectivity index is 0.000000172. The van der Waals surface area contributed by atoms with Crippen LogP contribution in [0.1, 0.15) is 38.5 Å². The van der Waals surface area contributed by atoms with E-state index in [9.17, 15) is 87.8 Å². The van der Waals surface area contributed by atoms with E-state index in [1.54, 1.807) is 0 Å². The summed E-state index contributed by atoms with van der Waals surface area (Å²) in [6, 6.07) is 64.3. The summed E-state index contributed by atoms with van der Waals surface area (Å²) in [5.41, 5.74) is -0.494. The van der Waals surface area contributed by atoms with E-state index in [0.29, 0.717) is 37.0 Å². The first kappa shape index (κ1) is 62.6. The van der Waals surface area contributed by atoms with E-state index in [2.05, 4.69) is 187 Å². The van der Waals surface area contributed by atoms with E-state index in [4.69, 9.17) is 0 Å². The predicted octanol–water partition coefficient (Wildman–Crippen LogP) is 14.0. The molecule has 6 aromatic rings. The number of esters is 1. The quantitative estimate of drug-likeness (QED) is 0.0454. The van der Waals surface area contributed by atoms with Gasteiger partial charge in [-0.05, 0) is 129 Å². The number of hydrogen-bond donors (Lipinski definition) is 0. The molecule has 6 aromatic carbocycles. The molecule has 25 heteroatoms. The van der Waals surface area contributed by atoms with Gasteiger partial charge in [0.15, 0.2) is 49.6 Å². The lowest BCUT2D eigenvalue weighted by molar-refractivity contribution is -0.382. The van der Waals surface area contributed by atoms with E-state index in [1.807, 2.05) is 0 Å². The maximum atomic E-state index is 13.4. The zero-order chi connectivity index (χ0) is 58.3. The van der Waals surface area contributed by atoms with Crippen molar-refractivity contribution < 1.29 is 92.5 Å². The Morgan fingerprint density at radius 1 is 0.430 bits per heavy atom. The number of rotatable bonds is 14. The molecule has 0 aliphatic heterocycles. The number of benzene rings is 6. The molecule has 4 saturated carbocycles. The van der Waals surface area contributed by atoms with Crippen molar-refractivity contribution in [3.63, 3.8) is 0 Å². The van der Waals surface area contributed by atoms with Gasteiger partial charge in [0, 0.05) is 5.41 Å². The zero-order valence-corrected chi connectivity index (χ0v) is 44.1. The van der Waals surface area contributed by atoms with E-state index < -0.39 is 72.7 Å². The normalized spacial score (nSPS) is 19.5. The van der Waals surface area contributed by atoms with Crippen molar-refractivity contribution in [3.05, 3.63) is 182 Å². The number of alkyl halides is 13. The van der Waals surface area contributed by atoms with Crippen LogP contribution in [0.4, 0.5) is 57.1 Å². The molecule has 8 nitrogen and oxygen atoms in total. The number of hydrogen-bond acceptors (Lipinski definition) is 8. The summed E-state index contributed by atoms with van der Waals surface area (Å²) in [6.45, 7) is -0.445. The molecule has 0 heterocycles. The molecule has 426 valence electrons. The van der Waals surface area contributed by atoms with Gasteiger partial charge in [-0.1, -0.05) is 109 Å². The highest BCUT2D eigenvalue weighted by molar-refractivity contribution is 7.97. The van der Waals surface area contributed by atoms with E-state index in [-0.39, 0.29) is 21.8 Å². The monoisotopic (exact) mass is 1200 g/mol. The van der Waals surface area contributed by atoms with Crippen LogP contribution in [0.25, 0.3) is 0 Å². The predicted molar refractivity (Wildman–Crippen MR) is 265 cm³/mol. The molecule has 4 fully saturated rings. The fourth-order valence-corrected chi connectivity index (χ4v) is 14.8. The summed E-state index contributed by atoms with van der Waals surface area (Å²) in [4.78, 5) is 19.6. The molecule has 4 aliphatic rings. The van der Waals surface area contributed by atoms with Gasteiger partial charge in [-0.15, -0.1) is 0 Å². The van der Waals surface area contributed by atoms with Crippen molar-refractivity contribution in [2.75, 3.05) is 6.61 Å². The third-order valence-electron chi connectivity index (χ3n) is 12.9. The van der Waals surface area contributed by atoms with Crippen molar-refractivity contribution in [1.82, 2.24) is 0 Å². The number of carbonyl (C=O) groups is 1. The molecule has 0 saturated heterocycles. The van der Waals surface area contributed by atoms with E-state index in [0.717, 1.165) is 19.3 Å². The molecule has 0 radical (unpaired) electrons. The fourth-order valence-electron chi connectivity index (χ4n) is 9.73. The van der Waals surface area contributed by atoms with Gasteiger partial charge in [0.1, 0.15) is 0 Å². The van der Waals surface area contributed by atoms with Crippen molar-refractivity contribution in [2.45, 2.75) is 102 Å². The molecule has 0 atom stereocenters. The van der Waals surface area contributed by atoms with Gasteiger partial charge in [-0.2, -0.15) is 57.1 Å². The Kier molecular flexibility index (Phi) is 19.5. The highest BCUT2D eigenvalue weighted by atomic mass is 32.2. The lowest BCUT2D eigenvalue weighted by Crippen LogP contribution is -2.63. The molecule has 0 aromatic heterocycles. The van der Waals surface area contributed by atoms with Crippen LogP contribution in [0.2, 0.25) is 0 Å². The lowest BCUT2D eigenvalue weighted by Gasteiger charge is -2.56. The molecule has 0 N–H and O–H groups in total.